The Kier molecular flexibility index (Phi) is 13.3. The molecule has 0 aromatic rings. The van der Waals surface area contributed by atoms with Gasteiger partial charge in [-0.1, -0.05) is 34.1 Å². The normalized spacial score (nSPS) is 16.5. The molecule has 11 nitrogen and oxygen atoms in total. The molecule has 0 saturated carbocycles. The number of carbonyl (C=O) groups is 5. The lowest BCUT2D eigenvalue weighted by Crippen LogP contribution is -2.55. The summed E-state index contributed by atoms with van der Waals surface area (Å²) in [5.74, 6) is -2.73. The maximum atomic E-state index is 12.6. The standard InChI is InChI=1S/C22H41N5O6/c1-8-12(4)19(20(23)31)27-18(30)10-17(29)16(9-11(2)3)26-22(33)14(6)25-21(32)13(5)24-15(7)28/h11-14,16-17,19,29H,8-10H2,1-7H3,(H2,23,31)(H,24,28)(H,25,32)(H,26,33)(H,27,30)/t12-,13-,14-,16-,17-,19-/m0/s1. The van der Waals surface area contributed by atoms with Gasteiger partial charge in [0.2, 0.25) is 29.5 Å². The van der Waals surface area contributed by atoms with Crippen molar-refractivity contribution in [1.82, 2.24) is 21.3 Å². The minimum Gasteiger partial charge on any atom is -0.390 e. The Bertz CT molecular complexity index is 699. The van der Waals surface area contributed by atoms with E-state index < -0.39 is 53.9 Å². The summed E-state index contributed by atoms with van der Waals surface area (Å²) in [5, 5.41) is 20.8. The molecule has 11 heteroatoms. The van der Waals surface area contributed by atoms with Crippen molar-refractivity contribution >= 4 is 29.5 Å². The van der Waals surface area contributed by atoms with E-state index in [-0.39, 0.29) is 24.2 Å². The number of rotatable bonds is 14. The molecule has 0 heterocycles. The highest BCUT2D eigenvalue weighted by Gasteiger charge is 2.30. The van der Waals surface area contributed by atoms with E-state index in [9.17, 15) is 29.1 Å². The molecule has 0 aliphatic heterocycles. The average molecular weight is 472 g/mol. The van der Waals surface area contributed by atoms with Gasteiger partial charge >= 0.3 is 0 Å². The number of nitrogens with one attached hydrogen (secondary N) is 4. The summed E-state index contributed by atoms with van der Waals surface area (Å²) in [6, 6.07) is -3.36. The molecule has 0 fully saturated rings. The summed E-state index contributed by atoms with van der Waals surface area (Å²) in [6.07, 6.45) is -0.540. The van der Waals surface area contributed by atoms with Crippen LogP contribution < -0.4 is 27.0 Å². The fourth-order valence-corrected chi connectivity index (χ4v) is 3.20. The van der Waals surface area contributed by atoms with Crippen LogP contribution in [0, 0.1) is 11.8 Å². The lowest BCUT2D eigenvalue weighted by molar-refractivity contribution is -0.132. The number of nitrogens with two attached hydrogens (primary N) is 1. The van der Waals surface area contributed by atoms with Gasteiger partial charge < -0.3 is 32.1 Å². The Hall–Kier alpha value is -2.69. The van der Waals surface area contributed by atoms with Crippen molar-refractivity contribution in [3.63, 3.8) is 0 Å². The van der Waals surface area contributed by atoms with Gasteiger partial charge in [0, 0.05) is 6.92 Å². The highest BCUT2D eigenvalue weighted by atomic mass is 16.3. The fraction of sp³-hybridized carbons (Fsp3) is 0.773. The lowest BCUT2D eigenvalue weighted by atomic mass is 9.95. The van der Waals surface area contributed by atoms with Crippen LogP contribution in [-0.4, -0.2) is 64.9 Å². The molecule has 5 amide bonds. The fourth-order valence-electron chi connectivity index (χ4n) is 3.20. The quantitative estimate of drug-likeness (QED) is 0.195. The minimum absolute atomic E-state index is 0.0937. The first kappa shape index (κ1) is 30.3. The van der Waals surface area contributed by atoms with E-state index in [1.54, 1.807) is 6.92 Å². The van der Waals surface area contributed by atoms with Crippen LogP contribution in [0.5, 0.6) is 0 Å². The molecule has 0 aromatic heterocycles. The van der Waals surface area contributed by atoms with Crippen LogP contribution in [0.15, 0.2) is 0 Å². The third kappa shape index (κ3) is 11.7. The first-order valence-corrected chi connectivity index (χ1v) is 11.3. The van der Waals surface area contributed by atoms with E-state index in [0.717, 1.165) is 0 Å². The van der Waals surface area contributed by atoms with Crippen LogP contribution in [0.2, 0.25) is 0 Å². The van der Waals surface area contributed by atoms with Gasteiger partial charge in [-0.25, -0.2) is 0 Å². The molecule has 7 N–H and O–H groups in total. The second-order valence-electron chi connectivity index (χ2n) is 9.00. The first-order valence-electron chi connectivity index (χ1n) is 11.3. The van der Waals surface area contributed by atoms with E-state index in [4.69, 9.17) is 5.73 Å². The second-order valence-corrected chi connectivity index (χ2v) is 9.00. The summed E-state index contributed by atoms with van der Waals surface area (Å²) >= 11 is 0. The van der Waals surface area contributed by atoms with Crippen LogP contribution in [0.25, 0.3) is 0 Å². The van der Waals surface area contributed by atoms with Crippen molar-refractivity contribution in [2.24, 2.45) is 17.6 Å². The van der Waals surface area contributed by atoms with Crippen molar-refractivity contribution < 1.29 is 29.1 Å². The maximum absolute atomic E-state index is 12.6. The van der Waals surface area contributed by atoms with Gasteiger partial charge in [0.1, 0.15) is 18.1 Å². The number of hydrogen-bond donors (Lipinski definition) is 6. The monoisotopic (exact) mass is 471 g/mol. The molecule has 0 saturated heterocycles. The number of carbonyl (C=O) groups excluding carboxylic acids is 5. The lowest BCUT2D eigenvalue weighted by Gasteiger charge is -2.28. The first-order chi connectivity index (χ1) is 15.2. The van der Waals surface area contributed by atoms with E-state index in [1.165, 1.54) is 20.8 Å². The van der Waals surface area contributed by atoms with E-state index in [1.807, 2.05) is 20.8 Å². The van der Waals surface area contributed by atoms with Crippen LogP contribution in [0.4, 0.5) is 0 Å². The molecular formula is C22H41N5O6. The largest absolute Gasteiger partial charge is 0.390 e. The third-order valence-electron chi connectivity index (χ3n) is 5.31. The second kappa shape index (κ2) is 14.5. The smallest absolute Gasteiger partial charge is 0.242 e. The molecule has 0 radical (unpaired) electrons. The molecule has 0 aromatic carbocycles. The highest BCUT2D eigenvalue weighted by Crippen LogP contribution is 2.13. The van der Waals surface area contributed by atoms with Crippen LogP contribution in [-0.2, 0) is 24.0 Å². The van der Waals surface area contributed by atoms with Crippen molar-refractivity contribution in [3.05, 3.63) is 0 Å². The number of aliphatic hydroxyl groups excluding tert-OH is 1. The van der Waals surface area contributed by atoms with Crippen LogP contribution in [0.3, 0.4) is 0 Å². The molecule has 0 aliphatic rings. The summed E-state index contributed by atoms with van der Waals surface area (Å²) in [5.41, 5.74) is 5.37. The Morgan fingerprint density at radius 2 is 1.36 bits per heavy atom. The zero-order chi connectivity index (χ0) is 25.9. The zero-order valence-corrected chi connectivity index (χ0v) is 20.7. The zero-order valence-electron chi connectivity index (χ0n) is 20.7. The molecule has 0 aliphatic carbocycles. The highest BCUT2D eigenvalue weighted by molar-refractivity contribution is 5.91. The van der Waals surface area contributed by atoms with Gasteiger partial charge in [-0.3, -0.25) is 24.0 Å². The average Bonchev–Trinajstić information content (AvgIpc) is 2.69. The molecule has 33 heavy (non-hydrogen) atoms. The summed E-state index contributed by atoms with van der Waals surface area (Å²) < 4.78 is 0. The van der Waals surface area contributed by atoms with E-state index in [0.29, 0.717) is 12.8 Å². The van der Waals surface area contributed by atoms with Crippen molar-refractivity contribution in [2.75, 3.05) is 0 Å². The Morgan fingerprint density at radius 3 is 1.82 bits per heavy atom. The molecule has 190 valence electrons. The van der Waals surface area contributed by atoms with E-state index in [2.05, 4.69) is 21.3 Å². The number of primary amides is 1. The Balaban J connectivity index is 5.11. The van der Waals surface area contributed by atoms with Crippen LogP contribution >= 0.6 is 0 Å². The Morgan fingerprint density at radius 1 is 0.848 bits per heavy atom. The minimum atomic E-state index is -1.22. The molecule has 0 rings (SSSR count). The van der Waals surface area contributed by atoms with Crippen molar-refractivity contribution in [3.8, 4) is 0 Å². The van der Waals surface area contributed by atoms with Gasteiger partial charge in [-0.15, -0.1) is 0 Å². The predicted octanol–water partition coefficient (Wildman–Crippen LogP) is -0.686. The molecule has 0 spiro atoms. The Labute approximate surface area is 196 Å². The topological polar surface area (TPSA) is 180 Å². The molecule has 0 unspecified atom stereocenters. The summed E-state index contributed by atoms with van der Waals surface area (Å²) in [7, 11) is 0. The SMILES string of the molecule is CC[C@H](C)[C@H](NC(=O)C[C@H](O)[C@H](CC(C)C)NC(=O)[C@H](C)NC(=O)[C@H](C)NC(C)=O)C(N)=O. The maximum Gasteiger partial charge on any atom is 0.242 e. The third-order valence-corrected chi connectivity index (χ3v) is 5.31. The molecule has 6 atom stereocenters. The van der Waals surface area contributed by atoms with Gasteiger partial charge in [-0.05, 0) is 32.1 Å². The number of amides is 5. The van der Waals surface area contributed by atoms with Gasteiger partial charge in [0.25, 0.3) is 0 Å². The summed E-state index contributed by atoms with van der Waals surface area (Å²) in [6.45, 7) is 11.7. The molecule has 0 bridgehead atoms. The molecular weight excluding hydrogens is 430 g/mol. The van der Waals surface area contributed by atoms with Crippen molar-refractivity contribution in [1.29, 1.82) is 0 Å². The van der Waals surface area contributed by atoms with Crippen molar-refractivity contribution in [2.45, 2.75) is 98.0 Å². The number of aliphatic hydroxyl groups is 1. The van der Waals surface area contributed by atoms with Gasteiger partial charge in [0.05, 0.1) is 18.6 Å². The predicted molar refractivity (Wildman–Crippen MR) is 123 cm³/mol. The van der Waals surface area contributed by atoms with Gasteiger partial charge in [-0.2, -0.15) is 0 Å². The van der Waals surface area contributed by atoms with Crippen LogP contribution in [0.1, 0.15) is 67.7 Å². The van der Waals surface area contributed by atoms with E-state index >= 15 is 0 Å². The van der Waals surface area contributed by atoms with Gasteiger partial charge in [0.15, 0.2) is 0 Å². The number of hydrogen-bond acceptors (Lipinski definition) is 6. The summed E-state index contributed by atoms with van der Waals surface area (Å²) in [4.78, 5) is 59.9.